The Kier molecular flexibility index (Phi) is 7.69. The van der Waals surface area contributed by atoms with Crippen molar-refractivity contribution in [3.05, 3.63) is 66.5 Å². The lowest BCUT2D eigenvalue weighted by Crippen LogP contribution is -2.45. The Morgan fingerprint density at radius 3 is 2.53 bits per heavy atom. The number of carbonyl (C=O) groups is 1. The molecule has 0 fully saturated rings. The molecule has 1 amide bonds. The summed E-state index contributed by atoms with van der Waals surface area (Å²) in [6.07, 6.45) is 5.09. The van der Waals surface area contributed by atoms with E-state index in [0.29, 0.717) is 0 Å². The number of hydrogen-bond donors (Lipinski definition) is 3. The summed E-state index contributed by atoms with van der Waals surface area (Å²) in [6, 6.07) is 15.5. The fraction of sp³-hybridized carbons (Fsp3) is 0.308. The number of rotatable bonds is 6. The van der Waals surface area contributed by atoms with Gasteiger partial charge in [0.2, 0.25) is 11.9 Å². The summed E-state index contributed by atoms with van der Waals surface area (Å²) >= 11 is 0. The largest absolute Gasteiger partial charge is 0.378 e. The van der Waals surface area contributed by atoms with Gasteiger partial charge in [-0.15, -0.1) is 0 Å². The van der Waals surface area contributed by atoms with Crippen LogP contribution in [0.2, 0.25) is 0 Å². The summed E-state index contributed by atoms with van der Waals surface area (Å²) in [5, 5.41) is 20.0. The van der Waals surface area contributed by atoms with Crippen molar-refractivity contribution in [3.8, 4) is 6.19 Å². The minimum atomic E-state index is -0.568. The molecular formula is C26H31N7O. The molecule has 34 heavy (non-hydrogen) atoms. The zero-order valence-electron chi connectivity index (χ0n) is 20.3. The summed E-state index contributed by atoms with van der Waals surface area (Å²) in [4.78, 5) is 23.7. The monoisotopic (exact) mass is 457 g/mol. The topological polar surface area (TPSA) is 105 Å². The van der Waals surface area contributed by atoms with Crippen LogP contribution in [-0.4, -0.2) is 37.1 Å². The van der Waals surface area contributed by atoms with E-state index >= 15 is 0 Å². The molecule has 1 atom stereocenters. The average Bonchev–Trinajstić information content (AvgIpc) is 2.78. The van der Waals surface area contributed by atoms with Crippen LogP contribution in [0.25, 0.3) is 10.8 Å². The van der Waals surface area contributed by atoms with Crippen LogP contribution in [0.5, 0.6) is 0 Å². The SMILES string of the molecule is CN(C)c1ccc(CC(=O)NC(/N=C(/NC#N)Nc2cccc3cnccc23)C(C)(C)C)cc1. The van der Waals surface area contributed by atoms with Crippen LogP contribution < -0.4 is 20.9 Å². The Labute approximate surface area is 200 Å². The number of pyridine rings is 1. The number of anilines is 2. The lowest BCUT2D eigenvalue weighted by atomic mass is 9.92. The first-order chi connectivity index (χ1) is 16.2. The van der Waals surface area contributed by atoms with Crippen molar-refractivity contribution in [2.24, 2.45) is 10.4 Å². The molecule has 0 radical (unpaired) electrons. The molecule has 8 nitrogen and oxygen atoms in total. The third-order valence-electron chi connectivity index (χ3n) is 5.30. The normalized spacial score (nSPS) is 12.5. The van der Waals surface area contributed by atoms with Crippen LogP contribution in [0.3, 0.4) is 0 Å². The third kappa shape index (κ3) is 6.45. The van der Waals surface area contributed by atoms with Gasteiger partial charge >= 0.3 is 0 Å². The Morgan fingerprint density at radius 2 is 1.88 bits per heavy atom. The van der Waals surface area contributed by atoms with E-state index in [1.807, 2.05) is 94.5 Å². The van der Waals surface area contributed by atoms with Gasteiger partial charge in [0.25, 0.3) is 0 Å². The maximum absolute atomic E-state index is 12.9. The molecule has 0 saturated carbocycles. The van der Waals surface area contributed by atoms with Gasteiger partial charge in [0.05, 0.1) is 6.42 Å². The van der Waals surface area contributed by atoms with Gasteiger partial charge in [-0.25, -0.2) is 4.99 Å². The average molecular weight is 458 g/mol. The Bertz CT molecular complexity index is 1200. The number of benzene rings is 2. The Morgan fingerprint density at radius 1 is 1.15 bits per heavy atom. The highest BCUT2D eigenvalue weighted by atomic mass is 16.1. The number of nitrogens with one attached hydrogen (secondary N) is 3. The lowest BCUT2D eigenvalue weighted by molar-refractivity contribution is -0.121. The Hall–Kier alpha value is -4.12. The Balaban J connectivity index is 1.81. The van der Waals surface area contributed by atoms with Gasteiger partial charge in [-0.3, -0.25) is 15.1 Å². The second kappa shape index (κ2) is 10.7. The quantitative estimate of drug-likeness (QED) is 0.225. The summed E-state index contributed by atoms with van der Waals surface area (Å²) in [7, 11) is 3.95. The van der Waals surface area contributed by atoms with E-state index < -0.39 is 11.6 Å². The minimum absolute atomic E-state index is 0.145. The second-order valence-electron chi connectivity index (χ2n) is 9.32. The first-order valence-electron chi connectivity index (χ1n) is 11.1. The van der Waals surface area contributed by atoms with Crippen LogP contribution in [0, 0.1) is 16.9 Å². The highest BCUT2D eigenvalue weighted by Gasteiger charge is 2.27. The summed E-state index contributed by atoms with van der Waals surface area (Å²) in [5.41, 5.74) is 2.37. The number of hydrogen-bond acceptors (Lipinski definition) is 5. The van der Waals surface area contributed by atoms with E-state index in [9.17, 15) is 10.1 Å². The number of carbonyl (C=O) groups excluding carboxylic acids is 1. The predicted octanol–water partition coefficient (Wildman–Crippen LogP) is 3.87. The van der Waals surface area contributed by atoms with Gasteiger partial charge in [0.15, 0.2) is 6.19 Å². The van der Waals surface area contributed by atoms with Gasteiger partial charge in [-0.05, 0) is 29.8 Å². The number of amides is 1. The molecule has 1 heterocycles. The zero-order valence-corrected chi connectivity index (χ0v) is 20.3. The van der Waals surface area contributed by atoms with Crippen LogP contribution in [0.1, 0.15) is 26.3 Å². The van der Waals surface area contributed by atoms with Crippen LogP contribution in [-0.2, 0) is 11.2 Å². The molecule has 3 aromatic rings. The molecule has 0 aliphatic carbocycles. The van der Waals surface area contributed by atoms with Crippen molar-refractivity contribution in [1.29, 1.82) is 5.26 Å². The summed E-state index contributed by atoms with van der Waals surface area (Å²) < 4.78 is 0. The molecule has 0 aliphatic rings. The number of fused-ring (bicyclic) bond motifs is 1. The van der Waals surface area contributed by atoms with Crippen molar-refractivity contribution >= 4 is 34.0 Å². The fourth-order valence-electron chi connectivity index (χ4n) is 3.38. The molecule has 8 heteroatoms. The van der Waals surface area contributed by atoms with Gasteiger partial charge in [0.1, 0.15) is 6.17 Å². The molecule has 1 aromatic heterocycles. The second-order valence-corrected chi connectivity index (χ2v) is 9.32. The molecule has 176 valence electrons. The van der Waals surface area contributed by atoms with Crippen LogP contribution in [0.15, 0.2) is 65.9 Å². The summed E-state index contributed by atoms with van der Waals surface area (Å²) in [6.45, 7) is 5.96. The molecule has 2 aromatic carbocycles. The number of nitrogens with zero attached hydrogens (tertiary/aromatic N) is 4. The van der Waals surface area contributed by atoms with E-state index in [1.165, 1.54) is 0 Å². The van der Waals surface area contributed by atoms with Crippen molar-refractivity contribution in [3.63, 3.8) is 0 Å². The highest BCUT2D eigenvalue weighted by Crippen LogP contribution is 2.24. The van der Waals surface area contributed by atoms with Gasteiger partial charge in [0, 0.05) is 54.1 Å². The van der Waals surface area contributed by atoms with Gasteiger partial charge < -0.3 is 15.5 Å². The molecule has 1 unspecified atom stereocenters. The molecule has 0 saturated heterocycles. The molecule has 3 N–H and O–H groups in total. The van der Waals surface area contributed by atoms with Crippen molar-refractivity contribution in [2.75, 3.05) is 24.3 Å². The van der Waals surface area contributed by atoms with E-state index in [1.54, 1.807) is 12.4 Å². The fourth-order valence-corrected chi connectivity index (χ4v) is 3.38. The maximum atomic E-state index is 12.9. The predicted molar refractivity (Wildman–Crippen MR) is 137 cm³/mol. The van der Waals surface area contributed by atoms with Crippen molar-refractivity contribution in [2.45, 2.75) is 33.4 Å². The number of aromatic nitrogens is 1. The third-order valence-corrected chi connectivity index (χ3v) is 5.30. The number of guanidine groups is 1. The first-order valence-corrected chi connectivity index (χ1v) is 11.1. The van der Waals surface area contributed by atoms with Crippen LogP contribution >= 0.6 is 0 Å². The van der Waals surface area contributed by atoms with E-state index in [0.717, 1.165) is 27.7 Å². The lowest BCUT2D eigenvalue weighted by Gasteiger charge is -2.29. The molecule has 0 aliphatic heterocycles. The molecule has 3 rings (SSSR count). The summed E-state index contributed by atoms with van der Waals surface area (Å²) in [5.74, 6) is 0.108. The van der Waals surface area contributed by atoms with E-state index in [2.05, 4.69) is 25.9 Å². The van der Waals surface area contributed by atoms with Gasteiger partial charge in [-0.1, -0.05) is 45.0 Å². The van der Waals surface area contributed by atoms with E-state index in [-0.39, 0.29) is 18.3 Å². The molecule has 0 spiro atoms. The molecule has 0 bridgehead atoms. The molecular weight excluding hydrogens is 426 g/mol. The van der Waals surface area contributed by atoms with Gasteiger partial charge in [-0.2, -0.15) is 5.26 Å². The first kappa shape index (κ1) is 24.5. The highest BCUT2D eigenvalue weighted by molar-refractivity contribution is 6.03. The smallest absolute Gasteiger partial charge is 0.226 e. The zero-order chi connectivity index (χ0) is 24.7. The number of nitriles is 1. The standard InChI is InChI=1S/C26H31N7O/c1-26(2,3)24(31-23(34)15-18-9-11-20(12-10-18)33(4)5)32-25(29-17-27)30-22-8-6-7-19-16-28-14-13-21(19)22/h6-14,16,24H,15H2,1-5H3,(H,31,34)(H2,29,30,32). The number of aliphatic imine (C=N–C) groups is 1. The van der Waals surface area contributed by atoms with Crippen molar-refractivity contribution < 1.29 is 4.79 Å². The van der Waals surface area contributed by atoms with Crippen molar-refractivity contribution in [1.82, 2.24) is 15.6 Å². The van der Waals surface area contributed by atoms with E-state index in [4.69, 9.17) is 0 Å². The van der Waals surface area contributed by atoms with Crippen LogP contribution in [0.4, 0.5) is 11.4 Å². The maximum Gasteiger partial charge on any atom is 0.226 e. The minimum Gasteiger partial charge on any atom is -0.378 e.